The summed E-state index contributed by atoms with van der Waals surface area (Å²) in [6, 6.07) is -1.01. The molecule has 3 fully saturated rings. The molecule has 0 saturated carbocycles. The van der Waals surface area contributed by atoms with Crippen LogP contribution >= 0.6 is 0 Å². The number of unbranched alkanes of at least 4 members (excludes halogenated alkanes) is 29. The lowest BCUT2D eigenvalue weighted by molar-refractivity contribution is -0.379. The fraction of sp³-hybridized carbons (Fsp3) is 0.843. The van der Waals surface area contributed by atoms with E-state index in [1.165, 1.54) is 135 Å². The first-order chi connectivity index (χ1) is 43.3. The van der Waals surface area contributed by atoms with E-state index >= 15 is 0 Å². The first-order valence-corrected chi connectivity index (χ1v) is 35.0. The van der Waals surface area contributed by atoms with Gasteiger partial charge in [-0.05, 0) is 70.6 Å². The third kappa shape index (κ3) is 33.9. The molecule has 3 rings (SSSR count). The standard InChI is InChI=1S/C70H125NO18/c1-3-5-7-9-11-13-15-17-18-19-20-21-22-23-24-25-26-27-28-29-30-31-32-33-34-36-37-39-41-43-45-47-54(75)53(71-58(76)48-46-44-42-40-38-35-16-14-12-10-8-6-4-2)52-84-68-64(82)61(79)66(56(50-73)86-68)89-70-65(83)62(80)67(57(51-74)87-70)88-69-63(81)60(78)59(77)55(49-72)85-69/h8,10,14,16,32-33,37,39,45,47,53-57,59-70,72-75,77-83H,3-7,9,11-13,15,17-31,34-36,38,40-44,46,48-52H2,1-2H3,(H,71,76)/b10-8-,16-14-,33-32+,39-37+,47-45+. The van der Waals surface area contributed by atoms with Crippen LogP contribution in [0, 0.1) is 0 Å². The molecular weight excluding hydrogens is 1140 g/mol. The molecule has 0 aromatic carbocycles. The number of carbonyl (C=O) groups excluding carboxylic acids is 1. The zero-order valence-corrected chi connectivity index (χ0v) is 54.6. The number of carbonyl (C=O) groups is 1. The van der Waals surface area contributed by atoms with Crippen LogP contribution in [0.1, 0.15) is 245 Å². The Morgan fingerprint density at radius 1 is 0.404 bits per heavy atom. The minimum atomic E-state index is -1.99. The largest absolute Gasteiger partial charge is 0.394 e. The molecule has 3 aliphatic rings. The fourth-order valence-electron chi connectivity index (χ4n) is 11.6. The van der Waals surface area contributed by atoms with Crippen LogP contribution in [0.5, 0.6) is 0 Å². The summed E-state index contributed by atoms with van der Waals surface area (Å²) in [6.45, 7) is 1.63. The van der Waals surface area contributed by atoms with Crippen molar-refractivity contribution in [3.63, 3.8) is 0 Å². The number of aliphatic hydroxyl groups is 11. The van der Waals surface area contributed by atoms with Gasteiger partial charge in [-0.1, -0.05) is 229 Å². The van der Waals surface area contributed by atoms with E-state index in [-0.39, 0.29) is 18.9 Å². The lowest BCUT2D eigenvalue weighted by Gasteiger charge is -2.48. The zero-order valence-electron chi connectivity index (χ0n) is 54.6. The number of rotatable bonds is 53. The molecule has 19 heteroatoms. The van der Waals surface area contributed by atoms with Crippen molar-refractivity contribution in [2.45, 2.75) is 349 Å². The van der Waals surface area contributed by atoms with Crippen LogP contribution in [0.4, 0.5) is 0 Å². The minimum absolute atomic E-state index is 0.213. The molecule has 12 N–H and O–H groups in total. The number of allylic oxidation sites excluding steroid dienone is 9. The third-order valence-electron chi connectivity index (χ3n) is 17.2. The summed E-state index contributed by atoms with van der Waals surface area (Å²) in [5, 5.41) is 120. The van der Waals surface area contributed by atoms with Crippen molar-refractivity contribution < 1.29 is 89.4 Å². The van der Waals surface area contributed by atoms with Crippen molar-refractivity contribution in [1.82, 2.24) is 5.32 Å². The number of hydrogen-bond acceptors (Lipinski definition) is 18. The summed E-state index contributed by atoms with van der Waals surface area (Å²) >= 11 is 0. The highest BCUT2D eigenvalue weighted by Crippen LogP contribution is 2.33. The lowest BCUT2D eigenvalue weighted by Crippen LogP contribution is -2.66. The van der Waals surface area contributed by atoms with Gasteiger partial charge >= 0.3 is 0 Å². The summed E-state index contributed by atoms with van der Waals surface area (Å²) in [5.41, 5.74) is 0. The Balaban J connectivity index is 1.41. The molecular formula is C70H125NO18. The SMILES string of the molecule is CCC/C=C\C/C=C\CCCCCCCC(=O)NC(COC1OC(CO)C(OC2OC(CO)C(OC3OC(CO)C(O)C(O)C3O)C(O)C2O)C(O)C1O)C(O)/C=C/CC/C=C/CC/C=C/CCCCCCCCCCCCCCCCCCCCCCC. The second kappa shape index (κ2) is 51.8. The van der Waals surface area contributed by atoms with Gasteiger partial charge in [0, 0.05) is 6.42 Å². The van der Waals surface area contributed by atoms with Crippen LogP contribution < -0.4 is 5.32 Å². The Kier molecular flexibility index (Phi) is 47.0. The summed E-state index contributed by atoms with van der Waals surface area (Å²) in [4.78, 5) is 13.3. The van der Waals surface area contributed by atoms with Gasteiger partial charge in [-0.15, -0.1) is 0 Å². The maximum atomic E-state index is 13.3. The average molecular weight is 1270 g/mol. The molecule has 89 heavy (non-hydrogen) atoms. The topological polar surface area (TPSA) is 307 Å². The predicted octanol–water partition coefficient (Wildman–Crippen LogP) is 9.16. The smallest absolute Gasteiger partial charge is 0.220 e. The number of hydrogen-bond donors (Lipinski definition) is 12. The van der Waals surface area contributed by atoms with Crippen LogP contribution in [0.3, 0.4) is 0 Å². The average Bonchev–Trinajstić information content (AvgIpc) is 2.38. The van der Waals surface area contributed by atoms with Crippen LogP contribution in [-0.4, -0.2) is 193 Å². The zero-order chi connectivity index (χ0) is 64.7. The lowest BCUT2D eigenvalue weighted by atomic mass is 9.96. The van der Waals surface area contributed by atoms with E-state index < -0.39 is 124 Å². The molecule has 3 heterocycles. The van der Waals surface area contributed by atoms with Gasteiger partial charge in [0.25, 0.3) is 0 Å². The molecule has 0 bridgehead atoms. The minimum Gasteiger partial charge on any atom is -0.394 e. The maximum absolute atomic E-state index is 13.3. The highest BCUT2D eigenvalue weighted by molar-refractivity contribution is 5.76. The van der Waals surface area contributed by atoms with Crippen molar-refractivity contribution >= 4 is 5.91 Å². The van der Waals surface area contributed by atoms with Crippen molar-refractivity contribution in [3.8, 4) is 0 Å². The van der Waals surface area contributed by atoms with Crippen molar-refractivity contribution in [1.29, 1.82) is 0 Å². The van der Waals surface area contributed by atoms with E-state index in [1.807, 2.05) is 6.08 Å². The van der Waals surface area contributed by atoms with Gasteiger partial charge in [0.05, 0.1) is 38.6 Å². The Bertz CT molecular complexity index is 1850. The van der Waals surface area contributed by atoms with Gasteiger partial charge in [0.2, 0.25) is 5.91 Å². The third-order valence-corrected chi connectivity index (χ3v) is 17.2. The van der Waals surface area contributed by atoms with Crippen molar-refractivity contribution in [2.75, 3.05) is 26.4 Å². The van der Waals surface area contributed by atoms with Crippen molar-refractivity contribution in [3.05, 3.63) is 60.8 Å². The highest BCUT2D eigenvalue weighted by Gasteiger charge is 2.53. The number of ether oxygens (including phenoxy) is 6. The monoisotopic (exact) mass is 1270 g/mol. The molecule has 518 valence electrons. The van der Waals surface area contributed by atoms with Gasteiger partial charge < -0.3 is 89.9 Å². The molecule has 3 aliphatic heterocycles. The van der Waals surface area contributed by atoms with E-state index in [9.17, 15) is 61.0 Å². The van der Waals surface area contributed by atoms with E-state index in [1.54, 1.807) is 6.08 Å². The van der Waals surface area contributed by atoms with Crippen LogP contribution in [0.15, 0.2) is 60.8 Å². The second-order valence-electron chi connectivity index (χ2n) is 25.0. The van der Waals surface area contributed by atoms with Crippen molar-refractivity contribution in [2.24, 2.45) is 0 Å². The summed E-state index contributed by atoms with van der Waals surface area (Å²) in [7, 11) is 0. The molecule has 0 aliphatic carbocycles. The van der Waals surface area contributed by atoms with Gasteiger partial charge in [0.1, 0.15) is 73.2 Å². The first kappa shape index (κ1) is 80.7. The summed E-state index contributed by atoms with van der Waals surface area (Å²) in [5.74, 6) is -0.305. The van der Waals surface area contributed by atoms with Gasteiger partial charge in [-0.3, -0.25) is 4.79 Å². The van der Waals surface area contributed by atoms with E-state index in [4.69, 9.17) is 28.4 Å². The molecule has 0 spiro atoms. The quantitative estimate of drug-likeness (QED) is 0.0199. The van der Waals surface area contributed by atoms with Crippen LogP contribution in [0.2, 0.25) is 0 Å². The fourth-order valence-corrected chi connectivity index (χ4v) is 11.6. The Hall–Kier alpha value is -2.51. The Labute approximate surface area is 535 Å². The second-order valence-corrected chi connectivity index (χ2v) is 25.0. The molecule has 17 unspecified atom stereocenters. The maximum Gasteiger partial charge on any atom is 0.220 e. The van der Waals surface area contributed by atoms with Gasteiger partial charge in [-0.25, -0.2) is 0 Å². The molecule has 0 aromatic rings. The van der Waals surface area contributed by atoms with Gasteiger partial charge in [-0.2, -0.15) is 0 Å². The molecule has 3 saturated heterocycles. The highest BCUT2D eigenvalue weighted by atomic mass is 16.8. The van der Waals surface area contributed by atoms with E-state index in [0.717, 1.165) is 77.0 Å². The normalized spacial score (nSPS) is 28.6. The summed E-state index contributed by atoms with van der Waals surface area (Å²) in [6.07, 6.45) is 36.6. The van der Waals surface area contributed by atoms with E-state index in [2.05, 4.69) is 67.8 Å². The Morgan fingerprint density at radius 2 is 0.775 bits per heavy atom. The first-order valence-electron chi connectivity index (χ1n) is 35.0. The number of amides is 1. The molecule has 19 nitrogen and oxygen atoms in total. The molecule has 1 amide bonds. The van der Waals surface area contributed by atoms with E-state index in [0.29, 0.717) is 12.8 Å². The molecule has 17 atom stereocenters. The summed E-state index contributed by atoms with van der Waals surface area (Å²) < 4.78 is 34.3. The van der Waals surface area contributed by atoms with Gasteiger partial charge in [0.15, 0.2) is 18.9 Å². The number of aliphatic hydroxyl groups excluding tert-OH is 11. The predicted molar refractivity (Wildman–Crippen MR) is 346 cm³/mol. The Morgan fingerprint density at radius 3 is 1.24 bits per heavy atom. The van der Waals surface area contributed by atoms with Crippen LogP contribution in [0.25, 0.3) is 0 Å². The molecule has 0 radical (unpaired) electrons. The number of nitrogens with one attached hydrogen (secondary N) is 1. The molecule has 0 aromatic heterocycles. The van der Waals surface area contributed by atoms with Crippen LogP contribution in [-0.2, 0) is 33.2 Å².